The smallest absolute Gasteiger partial charge is 0.170 e. The normalized spacial score (nSPS) is 10.2. The van der Waals surface area contributed by atoms with E-state index in [1.165, 1.54) is 35.4 Å². The summed E-state index contributed by atoms with van der Waals surface area (Å²) in [6.45, 7) is 1.78. The van der Waals surface area contributed by atoms with E-state index < -0.39 is 0 Å². The van der Waals surface area contributed by atoms with Gasteiger partial charge in [-0.3, -0.25) is 0 Å². The summed E-state index contributed by atoms with van der Waals surface area (Å²) < 4.78 is 18.6. The summed E-state index contributed by atoms with van der Waals surface area (Å²) in [5, 5.41) is 8.66. The molecule has 1 N–H and O–H groups in total. The van der Waals surface area contributed by atoms with Gasteiger partial charge in [0.25, 0.3) is 0 Å². The fraction of sp³-hybridized carbons (Fsp3) is 0.286. The summed E-state index contributed by atoms with van der Waals surface area (Å²) in [4.78, 5) is 4.35. The highest BCUT2D eigenvalue weighted by Crippen LogP contribution is 2.25. The molecule has 3 nitrogen and oxygen atoms in total. The zero-order valence-electron chi connectivity index (χ0n) is 10.9. The quantitative estimate of drug-likeness (QED) is 0.697. The maximum absolute atomic E-state index is 13.5. The van der Waals surface area contributed by atoms with Crippen LogP contribution < -0.4 is 0 Å². The number of nitrogens with zero attached hydrogens (tertiary/aromatic N) is 2. The molecule has 0 saturated heterocycles. The first-order chi connectivity index (χ1) is 9.71. The van der Waals surface area contributed by atoms with Crippen molar-refractivity contribution in [1.82, 2.24) is 9.36 Å². The first-order valence-electron chi connectivity index (χ1n) is 6.06. The summed E-state index contributed by atoms with van der Waals surface area (Å²) in [6.07, 6.45) is 0.817. The lowest BCUT2D eigenvalue weighted by Gasteiger charge is -2.01. The molecule has 0 aliphatic carbocycles. The minimum absolute atomic E-state index is 0.231. The van der Waals surface area contributed by atoms with Gasteiger partial charge in [-0.2, -0.15) is 4.37 Å². The first kappa shape index (κ1) is 15.0. The Labute approximate surface area is 125 Å². The fourth-order valence-electron chi connectivity index (χ4n) is 1.53. The van der Waals surface area contributed by atoms with Crippen molar-refractivity contribution in [1.29, 1.82) is 0 Å². The van der Waals surface area contributed by atoms with Gasteiger partial charge in [0.15, 0.2) is 4.34 Å². The third kappa shape index (κ3) is 4.30. The van der Waals surface area contributed by atoms with E-state index in [1.807, 2.05) is 13.0 Å². The summed E-state index contributed by atoms with van der Waals surface area (Å²) in [5.41, 5.74) is 1.41. The molecule has 2 aromatic rings. The molecule has 1 aromatic carbocycles. The molecule has 0 spiro atoms. The monoisotopic (exact) mass is 308 g/mol. The van der Waals surface area contributed by atoms with Gasteiger partial charge in [-0.15, -0.1) is 0 Å². The summed E-state index contributed by atoms with van der Waals surface area (Å²) in [6, 6.07) is 4.66. The van der Waals surface area contributed by atoms with Crippen molar-refractivity contribution in [3.63, 3.8) is 0 Å². The van der Waals surface area contributed by atoms with Crippen LogP contribution in [-0.4, -0.2) is 21.1 Å². The molecule has 0 atom stereocenters. The number of rotatable bonds is 4. The molecule has 0 unspecified atom stereocenters. The molecule has 0 saturated carbocycles. The Morgan fingerprint density at radius 1 is 1.40 bits per heavy atom. The minimum Gasteiger partial charge on any atom is -0.384 e. The highest BCUT2D eigenvalue weighted by Gasteiger charge is 2.05. The van der Waals surface area contributed by atoms with E-state index in [2.05, 4.69) is 21.2 Å². The zero-order chi connectivity index (χ0) is 14.4. The van der Waals surface area contributed by atoms with Crippen LogP contribution in [0.15, 0.2) is 22.5 Å². The molecular formula is C14H13FN2OS2. The Balaban J connectivity index is 2.07. The lowest BCUT2D eigenvalue weighted by Crippen LogP contribution is -1.87. The molecule has 6 heteroatoms. The van der Waals surface area contributed by atoms with E-state index in [1.54, 1.807) is 0 Å². The van der Waals surface area contributed by atoms with Gasteiger partial charge in [0.05, 0.1) is 0 Å². The van der Waals surface area contributed by atoms with E-state index in [0.29, 0.717) is 11.3 Å². The third-order valence-corrected chi connectivity index (χ3v) is 4.34. The Kier molecular flexibility index (Phi) is 5.53. The van der Waals surface area contributed by atoms with Crippen LogP contribution in [0.2, 0.25) is 0 Å². The number of hydrogen-bond donors (Lipinski definition) is 1. The van der Waals surface area contributed by atoms with Crippen LogP contribution in [0.4, 0.5) is 4.39 Å². The Hall–Kier alpha value is -1.42. The molecule has 0 amide bonds. The van der Waals surface area contributed by atoms with Crippen molar-refractivity contribution in [3.05, 3.63) is 41.0 Å². The van der Waals surface area contributed by atoms with Gasteiger partial charge in [-0.05, 0) is 35.3 Å². The summed E-state index contributed by atoms with van der Waals surface area (Å²) >= 11 is 2.89. The number of aliphatic hydroxyl groups excluding tert-OH is 1. The van der Waals surface area contributed by atoms with Crippen LogP contribution in [0.3, 0.4) is 0 Å². The van der Waals surface area contributed by atoms with Gasteiger partial charge in [0, 0.05) is 17.7 Å². The van der Waals surface area contributed by atoms with Crippen molar-refractivity contribution < 1.29 is 9.50 Å². The van der Waals surface area contributed by atoms with Crippen molar-refractivity contribution in [2.75, 3.05) is 6.61 Å². The van der Waals surface area contributed by atoms with E-state index >= 15 is 0 Å². The molecule has 0 radical (unpaired) electrons. The molecule has 0 aliphatic rings. The summed E-state index contributed by atoms with van der Waals surface area (Å²) in [7, 11) is 0. The van der Waals surface area contributed by atoms with Crippen LogP contribution in [-0.2, 0) is 12.2 Å². The number of aromatic nitrogens is 2. The highest BCUT2D eigenvalue weighted by molar-refractivity contribution is 8.00. The van der Waals surface area contributed by atoms with Gasteiger partial charge in [0.2, 0.25) is 0 Å². The molecule has 0 fully saturated rings. The van der Waals surface area contributed by atoms with Gasteiger partial charge >= 0.3 is 0 Å². The van der Waals surface area contributed by atoms with Crippen molar-refractivity contribution in [3.8, 4) is 11.8 Å². The minimum atomic E-state index is -0.322. The predicted molar refractivity (Wildman–Crippen MR) is 79.2 cm³/mol. The third-order valence-electron chi connectivity index (χ3n) is 2.40. The summed E-state index contributed by atoms with van der Waals surface area (Å²) in [5.74, 6) is 6.36. The SMILES string of the molecule is CCc1nsc(SCc2cc(F)cc(C#CCO)c2)n1. The van der Waals surface area contributed by atoms with Crippen LogP contribution in [0.1, 0.15) is 23.9 Å². The molecular weight excluding hydrogens is 295 g/mol. The van der Waals surface area contributed by atoms with Gasteiger partial charge in [0.1, 0.15) is 18.2 Å². The van der Waals surface area contributed by atoms with Crippen LogP contribution in [0.25, 0.3) is 0 Å². The van der Waals surface area contributed by atoms with E-state index in [0.717, 1.165) is 22.1 Å². The van der Waals surface area contributed by atoms with Crippen molar-refractivity contribution in [2.45, 2.75) is 23.4 Å². The number of aliphatic hydroxyl groups is 1. The number of thioether (sulfide) groups is 1. The molecule has 1 aromatic heterocycles. The second kappa shape index (κ2) is 7.39. The number of hydrogen-bond acceptors (Lipinski definition) is 5. The molecule has 0 bridgehead atoms. The predicted octanol–water partition coefficient (Wildman–Crippen LogP) is 2.88. The Morgan fingerprint density at radius 3 is 2.95 bits per heavy atom. The maximum Gasteiger partial charge on any atom is 0.170 e. The lowest BCUT2D eigenvalue weighted by molar-refractivity contribution is 0.350. The second-order valence-electron chi connectivity index (χ2n) is 3.93. The highest BCUT2D eigenvalue weighted by atomic mass is 32.2. The van der Waals surface area contributed by atoms with Gasteiger partial charge < -0.3 is 5.11 Å². The standard InChI is InChI=1S/C14H13FN2OS2/c1-2-13-16-14(20-17-13)19-9-11-6-10(4-3-5-18)7-12(15)8-11/h6-8,18H,2,5,9H2,1H3. The molecule has 2 rings (SSSR count). The second-order valence-corrected chi connectivity index (χ2v) is 5.90. The fourth-order valence-corrected chi connectivity index (χ4v) is 3.16. The average Bonchev–Trinajstić information content (AvgIpc) is 2.90. The largest absolute Gasteiger partial charge is 0.384 e. The Bertz CT molecular complexity index is 646. The van der Waals surface area contributed by atoms with Gasteiger partial charge in [-0.1, -0.05) is 30.5 Å². The topological polar surface area (TPSA) is 46.0 Å². The number of benzene rings is 1. The molecule has 0 aliphatic heterocycles. The van der Waals surface area contributed by atoms with E-state index in [4.69, 9.17) is 5.11 Å². The Morgan fingerprint density at radius 2 is 2.25 bits per heavy atom. The molecule has 1 heterocycles. The first-order valence-corrected chi connectivity index (χ1v) is 7.81. The van der Waals surface area contributed by atoms with Crippen LogP contribution >= 0.6 is 23.3 Å². The van der Waals surface area contributed by atoms with Crippen LogP contribution in [0, 0.1) is 17.7 Å². The van der Waals surface area contributed by atoms with E-state index in [-0.39, 0.29) is 12.4 Å². The number of aryl methyl sites for hydroxylation is 1. The molecule has 20 heavy (non-hydrogen) atoms. The van der Waals surface area contributed by atoms with Crippen LogP contribution in [0.5, 0.6) is 0 Å². The lowest BCUT2D eigenvalue weighted by atomic mass is 10.1. The zero-order valence-corrected chi connectivity index (χ0v) is 12.5. The van der Waals surface area contributed by atoms with Crippen molar-refractivity contribution >= 4 is 23.3 Å². The maximum atomic E-state index is 13.5. The van der Waals surface area contributed by atoms with Gasteiger partial charge in [-0.25, -0.2) is 9.37 Å². The molecule has 104 valence electrons. The van der Waals surface area contributed by atoms with E-state index in [9.17, 15) is 4.39 Å². The number of halogens is 1. The van der Waals surface area contributed by atoms with Crippen molar-refractivity contribution in [2.24, 2.45) is 0 Å². The average molecular weight is 308 g/mol.